The van der Waals surface area contributed by atoms with Gasteiger partial charge in [-0.1, -0.05) is 69.0 Å². The molecule has 640 valence electrons. The lowest BCUT2D eigenvalue weighted by atomic mass is 9.79. The summed E-state index contributed by atoms with van der Waals surface area (Å²) in [6, 6.07) is -19.0. The molecule has 0 radical (unpaired) electrons. The molecule has 5 N–H and O–H groups in total. The minimum absolute atomic E-state index is 0.148. The first-order chi connectivity index (χ1) is 83.5. The maximum Gasteiger partial charge on any atom is 0.161 e. The van der Waals surface area contributed by atoms with Crippen LogP contribution in [0.15, 0.2) is 60.4 Å². The van der Waals surface area contributed by atoms with Crippen molar-refractivity contribution in [3.63, 3.8) is 0 Å². The molecular weight excluding hydrogens is 1450 g/mol. The van der Waals surface area contributed by atoms with Gasteiger partial charge in [-0.05, 0) is 271 Å². The molecule has 5 aromatic rings. The van der Waals surface area contributed by atoms with E-state index >= 15 is 0 Å². The Hall–Kier alpha value is -6.30. The van der Waals surface area contributed by atoms with Crippen molar-refractivity contribution in [1.29, 1.82) is 0 Å². The molecule has 10 aliphatic rings. The summed E-state index contributed by atoms with van der Waals surface area (Å²) < 4.78 is 674. The normalized spacial score (nSPS) is 52.3. The van der Waals surface area contributed by atoms with Gasteiger partial charge in [-0.2, -0.15) is 0 Å². The summed E-state index contributed by atoms with van der Waals surface area (Å²) in [5, 5.41) is 56.3. The minimum Gasteiger partial charge on any atom is -0.493 e. The van der Waals surface area contributed by atoms with Gasteiger partial charge in [0.05, 0.1) is 130 Å². The first kappa shape index (κ1) is 34.0. The SMILES string of the molecule is [2H]c1c(OC([2H])([2H])[2H])c(OC)c([2H])c2c1C1N(CC([2H])(C([2H])([2H])C([2H])(C)C([2H])([2H])[2H])C([2H])(O)C1([2H])[2H])C([2H])([2H])C2([2H])[2H].[2H]c1c(OC([2H])([2H])[2H])c(OC)c([2H])c2c1C1N(CC([2H])(CC(C)C)C([2H])(O)C1([2H])[2H])C([2H])([2H])C2([2H])[2H].[2H]c1c(OC)c(OC)c([2H])c2c1C1N(CC([2H])(C([2H])([2H])C([2H])(C)C([2H])([2H])[2H])C([2H])(O)C1([2H])[2H])C([2H])([2H])C2([2H])[2H].[2H]c1c(OC)c(OC)c([2H])c2c1C1N(CC([2H])(C([2H])([2H])C([2H])(C)C([2H])([2H])[2H])C([2H])(O)C1([2H])[2H])C([2H])([2H])C2([2H])[2H].[2H]c1c(OC)c(OC)c([2H])c2c1C1N(CC([2H])(CC(C)C)C([2H])(O)C1([2H])[2H])C([2H])([2H])C2([2H])[2H]. The molecule has 20 nitrogen and oxygen atoms in total. The Kier molecular flexibility index (Phi) is 12.0. The number of hydrogen-bond acceptors (Lipinski definition) is 20. The molecule has 5 fully saturated rings. The van der Waals surface area contributed by atoms with Gasteiger partial charge in [-0.3, -0.25) is 24.5 Å². The molecule has 0 saturated carbocycles. The van der Waals surface area contributed by atoms with Crippen molar-refractivity contribution in [2.75, 3.05) is 136 Å². The van der Waals surface area contributed by atoms with E-state index in [2.05, 4.69) is 0 Å². The number of methoxy groups -OCH3 is 10. The smallest absolute Gasteiger partial charge is 0.161 e. The summed E-state index contributed by atoms with van der Waals surface area (Å²) in [6.07, 6.45) is -62.8. The first-order valence-corrected chi connectivity index (χ1v) is 35.6. The van der Waals surface area contributed by atoms with Crippen LogP contribution in [0.4, 0.5) is 0 Å². The van der Waals surface area contributed by atoms with Crippen molar-refractivity contribution in [3.05, 3.63) is 116 Å². The van der Waals surface area contributed by atoms with Gasteiger partial charge in [-0.15, -0.1) is 0 Å². The van der Waals surface area contributed by atoms with Gasteiger partial charge in [0.15, 0.2) is 57.5 Å². The summed E-state index contributed by atoms with van der Waals surface area (Å²) in [5.74, 6) is -31.4. The highest BCUT2D eigenvalue weighted by Crippen LogP contribution is 2.50. The van der Waals surface area contributed by atoms with E-state index in [0.29, 0.717) is 35.5 Å². The Morgan fingerprint density at radius 2 is 0.530 bits per heavy atom. The molecular formula is C95H145N5O15. The number of fused-ring (bicyclic) bond motifs is 15. The maximum atomic E-state index is 11.4. The van der Waals surface area contributed by atoms with Crippen LogP contribution >= 0.6 is 0 Å². The second-order valence-corrected chi connectivity index (χ2v) is 27.2. The van der Waals surface area contributed by atoms with Crippen LogP contribution in [0.3, 0.4) is 0 Å². The Morgan fingerprint density at radius 3 is 0.722 bits per heavy atom. The third kappa shape index (κ3) is 21.1. The van der Waals surface area contributed by atoms with E-state index in [0.717, 1.165) is 47.6 Å². The third-order valence-electron chi connectivity index (χ3n) is 18.1. The number of ether oxygens (including phenoxy) is 10. The molecule has 115 heavy (non-hydrogen) atoms. The molecule has 15 rings (SSSR count). The highest BCUT2D eigenvalue weighted by atomic mass is 16.5. The van der Waals surface area contributed by atoms with Gasteiger partial charge in [0, 0.05) is 168 Å². The largest absolute Gasteiger partial charge is 0.493 e. The summed E-state index contributed by atoms with van der Waals surface area (Å²) >= 11 is 0. The van der Waals surface area contributed by atoms with Crippen LogP contribution in [-0.2, 0) is 31.9 Å². The Bertz CT molecular complexity index is 7500. The molecule has 0 bridgehead atoms. The Morgan fingerprint density at radius 1 is 0.339 bits per heavy atom. The number of aliphatic hydroxyl groups is 5. The molecule has 0 amide bonds. The molecule has 18 unspecified atom stereocenters. The van der Waals surface area contributed by atoms with E-state index in [1.54, 1.807) is 27.7 Å². The van der Waals surface area contributed by atoms with E-state index in [1.165, 1.54) is 14.2 Å². The molecule has 10 heterocycles. The van der Waals surface area contributed by atoms with E-state index in [-0.39, 0.29) is 41.1 Å². The fourth-order valence-corrected chi connectivity index (χ4v) is 13.0. The summed E-state index contributed by atoms with van der Waals surface area (Å²) in [7, 11) is 2.24. The Labute approximate surface area is 793 Å². The summed E-state index contributed by atoms with van der Waals surface area (Å²) in [4.78, 5) is 2.29. The van der Waals surface area contributed by atoms with Gasteiger partial charge >= 0.3 is 0 Å². The molecule has 10 aliphatic heterocycles. The van der Waals surface area contributed by atoms with Crippen molar-refractivity contribution in [1.82, 2.24) is 24.5 Å². The van der Waals surface area contributed by atoms with Gasteiger partial charge in [-0.25, -0.2) is 0 Å². The van der Waals surface area contributed by atoms with Crippen molar-refractivity contribution in [2.45, 2.75) is 225 Å². The average Bonchev–Trinajstić information content (AvgIpc) is 0.650. The monoisotopic (exact) mass is 1670 g/mol. The van der Waals surface area contributed by atoms with E-state index < -0.39 is 453 Å². The zero-order chi connectivity index (χ0) is 148. The second-order valence-electron chi connectivity index (χ2n) is 27.2. The topological polar surface area (TPSA) is 210 Å². The number of nitrogens with zero attached hydrogens (tertiary/aromatic N) is 5. The zero-order valence-corrected chi connectivity index (χ0v) is 65.5. The third-order valence-corrected chi connectivity index (χ3v) is 18.1. The minimum atomic E-state index is -4.03. The average molecular weight is 1670 g/mol. The molecule has 20 heteroatoms. The number of benzene rings is 5. The summed E-state index contributed by atoms with van der Waals surface area (Å²) in [6.45, 7) is -24.2. The van der Waals surface area contributed by atoms with E-state index in [4.69, 9.17) is 149 Å². The number of rotatable bonds is 20. The van der Waals surface area contributed by atoms with Gasteiger partial charge < -0.3 is 72.9 Å². The van der Waals surface area contributed by atoms with Gasteiger partial charge in [0.1, 0.15) is 0 Å². The van der Waals surface area contributed by atoms with Crippen molar-refractivity contribution >= 4 is 0 Å². The molecule has 18 atom stereocenters. The standard InChI is InChI=1S/5C19H29NO3/c5*1-12(2)7-14-11-20-6-5-13-8-18(22-3)19(23-4)9-15(13)16(20)10-17(14)21/h5*8-9,12,14,16-17,21H,5-7,10-11H2,1-4H3/i1D3,4D3,5D2,6D2,7D2,8D,9D,10D2,12D,14D,17D;2*1D3,5D2,6D2,7D2,8D,9D,10D2,12D,14D,17D;4D3,5D2,6D2,8D,9D,10D2,14D,17D;5D2,6D2,8D,9D,10D2,14D,17D. The van der Waals surface area contributed by atoms with Crippen LogP contribution in [-0.4, -0.2) is 217 Å². The maximum absolute atomic E-state index is 11.4. The van der Waals surface area contributed by atoms with Crippen molar-refractivity contribution in [2.24, 2.45) is 59.0 Å². The van der Waals surface area contributed by atoms with E-state index in [9.17, 15) is 25.5 Å². The molecule has 0 aromatic heterocycles. The van der Waals surface area contributed by atoms with Crippen molar-refractivity contribution < 1.29 is 174 Å². The predicted octanol–water partition coefficient (Wildman–Crippen LogP) is 15.1. The molecule has 5 aromatic carbocycles. The van der Waals surface area contributed by atoms with Crippen LogP contribution in [0.25, 0.3) is 0 Å². The first-order valence-electron chi connectivity index (χ1n) is 72.6. The lowest BCUT2D eigenvalue weighted by molar-refractivity contribution is -0.0192. The van der Waals surface area contributed by atoms with Crippen LogP contribution in [0.2, 0.25) is 0 Å². The van der Waals surface area contributed by atoms with Crippen LogP contribution < -0.4 is 47.4 Å². The zero-order valence-electron chi connectivity index (χ0n) is 140. The number of piperidine rings is 5. The van der Waals surface area contributed by atoms with Crippen molar-refractivity contribution in [3.8, 4) is 57.5 Å². The Balaban J connectivity index is 0.000000219. The van der Waals surface area contributed by atoms with Crippen LogP contribution in [0.1, 0.15) is 320 Å². The molecule has 0 spiro atoms. The van der Waals surface area contributed by atoms with Crippen LogP contribution in [0, 0.1) is 59.0 Å². The second kappa shape index (κ2) is 40.6. The fourth-order valence-electron chi connectivity index (χ4n) is 13.0. The highest BCUT2D eigenvalue weighted by Gasteiger charge is 2.45. The summed E-state index contributed by atoms with van der Waals surface area (Å²) in [5.41, 5.74) is -7.44. The highest BCUT2D eigenvalue weighted by molar-refractivity contribution is 5.54. The fraction of sp³-hybridized carbons (Fsp3) is 0.684. The lowest BCUT2D eigenvalue weighted by Crippen LogP contribution is -2.48. The van der Waals surface area contributed by atoms with Gasteiger partial charge in [0.2, 0.25) is 0 Å². The van der Waals surface area contributed by atoms with Crippen LogP contribution in [0.5, 0.6) is 57.5 Å². The quantitative estimate of drug-likeness (QED) is 0.0491. The number of hydrogen-bond donors (Lipinski definition) is 5. The molecule has 0 aliphatic carbocycles. The molecule has 5 saturated heterocycles. The van der Waals surface area contributed by atoms with Gasteiger partial charge in [0.25, 0.3) is 0 Å². The van der Waals surface area contributed by atoms with E-state index in [1.807, 2.05) is 0 Å². The predicted molar refractivity (Wildman–Crippen MR) is 456 cm³/mol. The lowest BCUT2D eigenvalue weighted by Gasteiger charge is -2.46.